The minimum atomic E-state index is -0.118. The first-order valence-corrected chi connectivity index (χ1v) is 12.0. The number of hydrogen-bond acceptors (Lipinski definition) is 5. The maximum Gasteiger partial charge on any atom is 0.256 e. The van der Waals surface area contributed by atoms with Crippen molar-refractivity contribution in [2.45, 2.75) is 13.1 Å². The van der Waals surface area contributed by atoms with Gasteiger partial charge in [-0.3, -0.25) is 14.6 Å². The second-order valence-corrected chi connectivity index (χ2v) is 8.70. The molecule has 0 spiro atoms. The predicted molar refractivity (Wildman–Crippen MR) is 154 cm³/mol. The van der Waals surface area contributed by atoms with E-state index in [-0.39, 0.29) is 49.7 Å². The topological polar surface area (TPSA) is 67.9 Å². The minimum absolute atomic E-state index is 0. The van der Waals surface area contributed by atoms with Crippen LogP contribution in [0, 0.1) is 0 Å². The molecule has 2 N–H and O–H groups in total. The van der Waals surface area contributed by atoms with Crippen LogP contribution in [0.4, 0.5) is 5.69 Å². The van der Waals surface area contributed by atoms with E-state index >= 15 is 0 Å². The van der Waals surface area contributed by atoms with E-state index in [0.717, 1.165) is 16.8 Å². The van der Waals surface area contributed by atoms with Crippen LogP contribution >= 0.6 is 24.8 Å². The smallest absolute Gasteiger partial charge is 0.256 e. The lowest BCUT2D eigenvalue weighted by atomic mass is 10.0. The minimum Gasteiger partial charge on any atom is -0.353 e. The molecule has 4 rings (SSSR count). The maximum atomic E-state index is 13.5. The number of benzene rings is 3. The second kappa shape index (κ2) is 14.6. The quantitative estimate of drug-likeness (QED) is 0.381. The number of fused-ring (bicyclic) bond motifs is 1. The van der Waals surface area contributed by atoms with Crippen molar-refractivity contribution in [1.29, 1.82) is 0 Å². The Labute approximate surface area is 231 Å². The van der Waals surface area contributed by atoms with Gasteiger partial charge < -0.3 is 15.5 Å². The number of anilines is 1. The van der Waals surface area contributed by atoms with Gasteiger partial charge in [0.25, 0.3) is 5.91 Å². The van der Waals surface area contributed by atoms with Crippen molar-refractivity contribution >= 4 is 42.3 Å². The standard InChI is InChI=1S/C28H33N5O2.2ClH/c1-29-16-17-30-27(34)20-32(26-15-9-8-14-25(26)22-10-4-3-5-11-22)21-28(35)31(2)33-18-23-12-6-7-13-24(23)19-33;;/h3-15,29H,16-21H2,1-2H3,(H,30,34);2*1H. The Bertz CT molecular complexity index is 1140. The molecular weight excluding hydrogens is 509 g/mol. The van der Waals surface area contributed by atoms with Gasteiger partial charge in [0, 0.05) is 44.5 Å². The molecule has 0 saturated heterocycles. The molecule has 3 aromatic carbocycles. The number of hydrogen-bond donors (Lipinski definition) is 2. The Morgan fingerprint density at radius 1 is 0.811 bits per heavy atom. The van der Waals surface area contributed by atoms with Crippen LogP contribution < -0.4 is 15.5 Å². The number of rotatable bonds is 10. The molecule has 9 heteroatoms. The molecule has 1 aliphatic rings. The third-order valence-electron chi connectivity index (χ3n) is 6.30. The van der Waals surface area contributed by atoms with Crippen molar-refractivity contribution in [1.82, 2.24) is 20.7 Å². The van der Waals surface area contributed by atoms with Crippen molar-refractivity contribution in [3.63, 3.8) is 0 Å². The zero-order valence-corrected chi connectivity index (χ0v) is 22.9. The number of hydrazine groups is 1. The van der Waals surface area contributed by atoms with Gasteiger partial charge >= 0.3 is 0 Å². The summed E-state index contributed by atoms with van der Waals surface area (Å²) >= 11 is 0. The Balaban J connectivity index is 0.00000241. The van der Waals surface area contributed by atoms with Gasteiger partial charge in [0.1, 0.15) is 0 Å². The summed E-state index contributed by atoms with van der Waals surface area (Å²) in [5.74, 6) is -0.184. The second-order valence-electron chi connectivity index (χ2n) is 8.70. The largest absolute Gasteiger partial charge is 0.353 e. The van der Waals surface area contributed by atoms with Crippen molar-refractivity contribution in [3.8, 4) is 11.1 Å². The molecule has 0 aliphatic carbocycles. The van der Waals surface area contributed by atoms with Crippen molar-refractivity contribution in [3.05, 3.63) is 90.0 Å². The number of halogens is 2. The van der Waals surface area contributed by atoms with Crippen LogP contribution in [0.5, 0.6) is 0 Å². The van der Waals surface area contributed by atoms with E-state index in [0.29, 0.717) is 26.2 Å². The molecule has 1 aliphatic heterocycles. The highest BCUT2D eigenvalue weighted by molar-refractivity contribution is 5.89. The van der Waals surface area contributed by atoms with E-state index in [1.807, 2.05) is 90.7 Å². The lowest BCUT2D eigenvalue weighted by Gasteiger charge is -2.32. The van der Waals surface area contributed by atoms with E-state index < -0.39 is 0 Å². The molecule has 2 amide bonds. The summed E-state index contributed by atoms with van der Waals surface area (Å²) in [6, 6.07) is 26.2. The molecule has 0 saturated carbocycles. The molecule has 198 valence electrons. The molecule has 37 heavy (non-hydrogen) atoms. The Kier molecular flexibility index (Phi) is 11.9. The lowest BCUT2D eigenvalue weighted by Crippen LogP contribution is -2.48. The number of para-hydroxylation sites is 1. The molecule has 0 bridgehead atoms. The van der Waals surface area contributed by atoms with Gasteiger partial charge in [0.05, 0.1) is 13.1 Å². The predicted octanol–water partition coefficient (Wildman–Crippen LogP) is 3.73. The summed E-state index contributed by atoms with van der Waals surface area (Å²) in [6.07, 6.45) is 0. The van der Waals surface area contributed by atoms with Crippen molar-refractivity contribution in [2.24, 2.45) is 0 Å². The van der Waals surface area contributed by atoms with Gasteiger partial charge in [-0.1, -0.05) is 72.8 Å². The molecule has 0 radical (unpaired) electrons. The first-order valence-electron chi connectivity index (χ1n) is 12.0. The molecule has 0 fully saturated rings. The summed E-state index contributed by atoms with van der Waals surface area (Å²) in [6.45, 7) is 2.79. The zero-order chi connectivity index (χ0) is 24.6. The van der Waals surface area contributed by atoms with Crippen molar-refractivity contribution in [2.75, 3.05) is 45.2 Å². The van der Waals surface area contributed by atoms with Crippen LogP contribution in [0.1, 0.15) is 11.1 Å². The molecular formula is C28H35Cl2N5O2. The monoisotopic (exact) mass is 543 g/mol. The number of carbonyl (C=O) groups excluding carboxylic acids is 2. The Morgan fingerprint density at radius 2 is 1.41 bits per heavy atom. The van der Waals surface area contributed by atoms with E-state index in [2.05, 4.69) is 22.8 Å². The lowest BCUT2D eigenvalue weighted by molar-refractivity contribution is -0.145. The van der Waals surface area contributed by atoms with Crippen LogP contribution in [-0.2, 0) is 22.7 Å². The molecule has 0 unspecified atom stereocenters. The first-order chi connectivity index (χ1) is 17.1. The van der Waals surface area contributed by atoms with E-state index in [1.165, 1.54) is 11.1 Å². The summed E-state index contributed by atoms with van der Waals surface area (Å²) in [5.41, 5.74) is 5.36. The number of amides is 2. The summed E-state index contributed by atoms with van der Waals surface area (Å²) in [7, 11) is 3.65. The maximum absolute atomic E-state index is 13.5. The Morgan fingerprint density at radius 3 is 2.05 bits per heavy atom. The molecule has 1 heterocycles. The fraction of sp³-hybridized carbons (Fsp3) is 0.286. The van der Waals surface area contributed by atoms with Crippen LogP contribution in [-0.4, -0.2) is 62.1 Å². The summed E-state index contributed by atoms with van der Waals surface area (Å²) in [5, 5.41) is 9.70. The molecule has 7 nitrogen and oxygen atoms in total. The van der Waals surface area contributed by atoms with Crippen molar-refractivity contribution < 1.29 is 9.59 Å². The van der Waals surface area contributed by atoms with Crippen LogP contribution in [0.2, 0.25) is 0 Å². The van der Waals surface area contributed by atoms with Gasteiger partial charge in [0.2, 0.25) is 5.91 Å². The van der Waals surface area contributed by atoms with Gasteiger partial charge in [-0.05, 0) is 29.8 Å². The average Bonchev–Trinajstić information content (AvgIpc) is 3.33. The van der Waals surface area contributed by atoms with E-state index in [4.69, 9.17) is 0 Å². The number of carbonyl (C=O) groups is 2. The normalized spacial score (nSPS) is 12.1. The average molecular weight is 545 g/mol. The third-order valence-corrected chi connectivity index (χ3v) is 6.30. The van der Waals surface area contributed by atoms with Gasteiger partial charge in [-0.25, -0.2) is 5.01 Å². The summed E-state index contributed by atoms with van der Waals surface area (Å²) < 4.78 is 0. The van der Waals surface area contributed by atoms with Gasteiger partial charge in [-0.15, -0.1) is 24.8 Å². The summed E-state index contributed by atoms with van der Waals surface area (Å²) in [4.78, 5) is 28.1. The van der Waals surface area contributed by atoms with Gasteiger partial charge in [-0.2, -0.15) is 0 Å². The Hall–Kier alpha value is -3.10. The van der Waals surface area contributed by atoms with Gasteiger partial charge in [0.15, 0.2) is 0 Å². The fourth-order valence-electron chi connectivity index (χ4n) is 4.34. The third kappa shape index (κ3) is 7.69. The van der Waals surface area contributed by atoms with Crippen LogP contribution in [0.15, 0.2) is 78.9 Å². The van der Waals surface area contributed by atoms with E-state index in [1.54, 1.807) is 5.01 Å². The van der Waals surface area contributed by atoms with Crippen LogP contribution in [0.25, 0.3) is 11.1 Å². The molecule has 3 aromatic rings. The number of likely N-dealkylation sites (N-methyl/N-ethyl adjacent to an activating group) is 2. The fourth-order valence-corrected chi connectivity index (χ4v) is 4.34. The highest BCUT2D eigenvalue weighted by Gasteiger charge is 2.27. The first kappa shape index (κ1) is 30.1. The molecule has 0 aromatic heterocycles. The SMILES string of the molecule is CNCCNC(=O)CN(CC(=O)N(C)N1Cc2ccccc2C1)c1ccccc1-c1ccccc1.Cl.Cl. The number of nitrogens with zero attached hydrogens (tertiary/aromatic N) is 3. The number of nitrogens with one attached hydrogen (secondary N) is 2. The zero-order valence-electron chi connectivity index (χ0n) is 21.2. The highest BCUT2D eigenvalue weighted by Crippen LogP contribution is 2.31. The molecule has 0 atom stereocenters. The highest BCUT2D eigenvalue weighted by atomic mass is 35.5. The van der Waals surface area contributed by atoms with Crippen LogP contribution in [0.3, 0.4) is 0 Å². The van der Waals surface area contributed by atoms with E-state index in [9.17, 15) is 9.59 Å².